The maximum Gasteiger partial charge on any atom is 0.240 e. The summed E-state index contributed by atoms with van der Waals surface area (Å²) in [5.74, 6) is -0.0292. The van der Waals surface area contributed by atoms with Crippen LogP contribution in [0.1, 0.15) is 12.5 Å². The number of anilines is 3. The van der Waals surface area contributed by atoms with Crippen LogP contribution in [-0.4, -0.2) is 31.1 Å². The molecule has 0 saturated carbocycles. The van der Waals surface area contributed by atoms with Crippen molar-refractivity contribution in [3.05, 3.63) is 95.4 Å². The normalized spacial score (nSPS) is 11.8. The molecule has 1 aromatic heterocycles. The maximum absolute atomic E-state index is 14.7. The van der Waals surface area contributed by atoms with E-state index < -0.39 is 15.8 Å². The number of hydrogen-bond donors (Lipinski definition) is 3. The molecule has 36 heavy (non-hydrogen) atoms. The fourth-order valence-electron chi connectivity index (χ4n) is 3.31. The van der Waals surface area contributed by atoms with Crippen LogP contribution in [0.2, 0.25) is 5.02 Å². The van der Waals surface area contributed by atoms with Gasteiger partial charge in [-0.15, -0.1) is 0 Å². The van der Waals surface area contributed by atoms with E-state index in [2.05, 4.69) is 30.5 Å². The zero-order valence-electron chi connectivity index (χ0n) is 19.3. The number of nitrogens with one attached hydrogen (secondary N) is 3. The molecule has 8 nitrogen and oxygen atoms in total. The van der Waals surface area contributed by atoms with E-state index in [9.17, 15) is 12.8 Å². The summed E-state index contributed by atoms with van der Waals surface area (Å²) in [5, 5.41) is 7.69. The minimum absolute atomic E-state index is 0.137. The van der Waals surface area contributed by atoms with Gasteiger partial charge in [-0.25, -0.2) is 22.5 Å². The van der Waals surface area contributed by atoms with Crippen molar-refractivity contribution in [3.63, 3.8) is 0 Å². The first kappa shape index (κ1) is 25.2. The van der Waals surface area contributed by atoms with Gasteiger partial charge in [0.05, 0.1) is 15.6 Å². The molecule has 0 bridgehead atoms. The lowest BCUT2D eigenvalue weighted by Gasteiger charge is -2.13. The highest BCUT2D eigenvalue weighted by molar-refractivity contribution is 7.89. The fourth-order valence-corrected chi connectivity index (χ4v) is 4.31. The van der Waals surface area contributed by atoms with E-state index in [1.54, 1.807) is 25.1 Å². The van der Waals surface area contributed by atoms with Crippen LogP contribution in [0.15, 0.2) is 89.0 Å². The van der Waals surface area contributed by atoms with Gasteiger partial charge in [0.15, 0.2) is 5.82 Å². The van der Waals surface area contributed by atoms with Crippen molar-refractivity contribution in [2.75, 3.05) is 17.8 Å². The van der Waals surface area contributed by atoms with Gasteiger partial charge in [-0.3, -0.25) is 5.43 Å². The highest BCUT2D eigenvalue weighted by Crippen LogP contribution is 2.35. The number of rotatable bonds is 8. The van der Waals surface area contributed by atoms with E-state index in [1.165, 1.54) is 37.5 Å². The monoisotopic (exact) mass is 524 g/mol. The predicted molar refractivity (Wildman–Crippen MR) is 141 cm³/mol. The van der Waals surface area contributed by atoms with Crippen molar-refractivity contribution < 1.29 is 12.8 Å². The molecule has 0 fully saturated rings. The molecule has 0 saturated heterocycles. The minimum Gasteiger partial charge on any atom is -0.324 e. The van der Waals surface area contributed by atoms with Crippen LogP contribution in [-0.2, 0) is 10.0 Å². The first-order chi connectivity index (χ1) is 17.3. The average molecular weight is 525 g/mol. The van der Waals surface area contributed by atoms with Crippen molar-refractivity contribution in [1.82, 2.24) is 14.7 Å². The van der Waals surface area contributed by atoms with Gasteiger partial charge in [0, 0.05) is 23.0 Å². The largest absolute Gasteiger partial charge is 0.324 e. The van der Waals surface area contributed by atoms with Crippen LogP contribution in [0.4, 0.5) is 21.8 Å². The number of aromatic nitrogens is 2. The standard InChI is InChI=1S/C25H22ClFN6O2S/c1-16(17-11-13-19(14-12-17)36(34,35)28-2)32-33-24-20(23-21(26)9-6-10-22(23)27)15-29-25(31-24)30-18-7-4-3-5-8-18/h3-15,28H,1-2H3,(H2,29,30,31,33). The van der Waals surface area contributed by atoms with Crippen LogP contribution >= 0.6 is 11.6 Å². The Balaban J connectivity index is 1.69. The Morgan fingerprint density at radius 2 is 1.72 bits per heavy atom. The van der Waals surface area contributed by atoms with E-state index in [0.717, 1.165) is 5.69 Å². The lowest BCUT2D eigenvalue weighted by atomic mass is 10.1. The summed E-state index contributed by atoms with van der Waals surface area (Å²) < 4.78 is 40.9. The SMILES string of the molecule is CNS(=O)(=O)c1ccc(C(C)=NNc2nc(Nc3ccccc3)ncc2-c2c(F)cccc2Cl)cc1. The fraction of sp³-hybridized carbons (Fsp3) is 0.0800. The number of sulfonamides is 1. The van der Waals surface area contributed by atoms with Gasteiger partial charge in [-0.2, -0.15) is 10.1 Å². The molecular weight excluding hydrogens is 503 g/mol. The molecule has 0 unspecified atom stereocenters. The van der Waals surface area contributed by atoms with Gasteiger partial charge < -0.3 is 5.32 Å². The lowest BCUT2D eigenvalue weighted by Crippen LogP contribution is -2.18. The highest BCUT2D eigenvalue weighted by atomic mass is 35.5. The average Bonchev–Trinajstić information content (AvgIpc) is 2.88. The van der Waals surface area contributed by atoms with E-state index in [4.69, 9.17) is 11.6 Å². The zero-order valence-corrected chi connectivity index (χ0v) is 20.9. The molecule has 0 aliphatic rings. The molecule has 11 heteroatoms. The molecule has 0 atom stereocenters. The Bertz CT molecular complexity index is 1490. The number of nitrogens with zero attached hydrogens (tertiary/aromatic N) is 3. The van der Waals surface area contributed by atoms with Crippen LogP contribution in [0.25, 0.3) is 11.1 Å². The number of para-hydroxylation sites is 1. The number of hydrazone groups is 1. The Hall–Kier alpha value is -3.86. The van der Waals surface area contributed by atoms with Crippen molar-refractivity contribution in [2.45, 2.75) is 11.8 Å². The number of halogens is 2. The molecule has 184 valence electrons. The third kappa shape index (κ3) is 5.68. The minimum atomic E-state index is -3.55. The molecule has 1 heterocycles. The molecule has 0 spiro atoms. The molecule has 4 aromatic rings. The molecule has 3 N–H and O–H groups in total. The third-order valence-electron chi connectivity index (χ3n) is 5.23. The Morgan fingerprint density at radius 3 is 2.39 bits per heavy atom. The van der Waals surface area contributed by atoms with E-state index in [0.29, 0.717) is 16.8 Å². The van der Waals surface area contributed by atoms with Gasteiger partial charge in [-0.1, -0.05) is 48.0 Å². The van der Waals surface area contributed by atoms with Crippen molar-refractivity contribution in [1.29, 1.82) is 0 Å². The second-order valence-corrected chi connectivity index (χ2v) is 9.88. The van der Waals surface area contributed by atoms with Gasteiger partial charge >= 0.3 is 0 Å². The van der Waals surface area contributed by atoms with Crippen molar-refractivity contribution >= 4 is 44.8 Å². The first-order valence-electron chi connectivity index (χ1n) is 10.8. The van der Waals surface area contributed by atoms with Crippen molar-refractivity contribution in [2.24, 2.45) is 5.10 Å². The van der Waals surface area contributed by atoms with E-state index in [1.807, 2.05) is 30.3 Å². The Kier molecular flexibility index (Phi) is 7.58. The molecular formula is C25H22ClFN6O2S. The molecule has 0 radical (unpaired) electrons. The molecule has 0 aliphatic heterocycles. The van der Waals surface area contributed by atoms with Crippen LogP contribution in [0.5, 0.6) is 0 Å². The second-order valence-electron chi connectivity index (χ2n) is 7.58. The molecule has 3 aromatic carbocycles. The summed E-state index contributed by atoms with van der Waals surface area (Å²) in [6, 6.07) is 20.0. The quantitative estimate of drug-likeness (QED) is 0.210. The van der Waals surface area contributed by atoms with Crippen LogP contribution < -0.4 is 15.5 Å². The topological polar surface area (TPSA) is 108 Å². The van der Waals surface area contributed by atoms with Crippen LogP contribution in [0, 0.1) is 5.82 Å². The van der Waals surface area contributed by atoms with Gasteiger partial charge in [0.25, 0.3) is 0 Å². The molecule has 0 amide bonds. The predicted octanol–water partition coefficient (Wildman–Crippen LogP) is 5.42. The second kappa shape index (κ2) is 10.8. The number of benzene rings is 3. The summed E-state index contributed by atoms with van der Waals surface area (Å²) in [4.78, 5) is 8.95. The summed E-state index contributed by atoms with van der Waals surface area (Å²) in [7, 11) is -2.20. The third-order valence-corrected chi connectivity index (χ3v) is 6.98. The summed E-state index contributed by atoms with van der Waals surface area (Å²) in [5.41, 5.74) is 5.35. The maximum atomic E-state index is 14.7. The van der Waals surface area contributed by atoms with Gasteiger partial charge in [-0.05, 0) is 55.9 Å². The number of hydrogen-bond acceptors (Lipinski definition) is 7. The van der Waals surface area contributed by atoms with E-state index in [-0.39, 0.29) is 27.2 Å². The first-order valence-corrected chi connectivity index (χ1v) is 12.6. The van der Waals surface area contributed by atoms with Gasteiger partial charge in [0.1, 0.15) is 5.82 Å². The molecule has 0 aliphatic carbocycles. The summed E-state index contributed by atoms with van der Waals surface area (Å²) in [6.07, 6.45) is 1.47. The molecule has 4 rings (SSSR count). The van der Waals surface area contributed by atoms with Gasteiger partial charge in [0.2, 0.25) is 16.0 Å². The van der Waals surface area contributed by atoms with E-state index >= 15 is 0 Å². The van der Waals surface area contributed by atoms with Crippen LogP contribution in [0.3, 0.4) is 0 Å². The smallest absolute Gasteiger partial charge is 0.240 e. The van der Waals surface area contributed by atoms with Crippen molar-refractivity contribution in [3.8, 4) is 11.1 Å². The summed E-state index contributed by atoms with van der Waals surface area (Å²) in [6.45, 7) is 1.74. The highest BCUT2D eigenvalue weighted by Gasteiger charge is 2.17. The zero-order chi connectivity index (χ0) is 25.7. The Morgan fingerprint density at radius 1 is 1.00 bits per heavy atom. The lowest BCUT2D eigenvalue weighted by molar-refractivity contribution is 0.588. The Labute approximate surface area is 213 Å². The summed E-state index contributed by atoms with van der Waals surface area (Å²) >= 11 is 6.30.